The summed E-state index contributed by atoms with van der Waals surface area (Å²) < 4.78 is 13.4. The molecular formula is C26H25N5O2S. The highest BCUT2D eigenvalue weighted by molar-refractivity contribution is 7.80. The largest absolute Gasteiger partial charge is 0.497 e. The van der Waals surface area contributed by atoms with Crippen molar-refractivity contribution in [2.45, 2.75) is 18.6 Å². The van der Waals surface area contributed by atoms with Gasteiger partial charge >= 0.3 is 0 Å². The maximum atomic E-state index is 5.88. The summed E-state index contributed by atoms with van der Waals surface area (Å²) in [5.41, 5.74) is 3.80. The van der Waals surface area contributed by atoms with Crippen molar-refractivity contribution in [3.63, 3.8) is 0 Å². The molecule has 1 fully saturated rings. The Kier molecular flexibility index (Phi) is 6.14. The van der Waals surface area contributed by atoms with Crippen molar-refractivity contribution in [2.75, 3.05) is 19.1 Å². The van der Waals surface area contributed by atoms with Crippen LogP contribution in [0.3, 0.4) is 0 Å². The minimum Gasteiger partial charge on any atom is -0.497 e. The van der Waals surface area contributed by atoms with E-state index in [-0.39, 0.29) is 12.1 Å². The molecule has 0 unspecified atom stereocenters. The van der Waals surface area contributed by atoms with E-state index in [4.69, 9.17) is 21.7 Å². The molecule has 4 heterocycles. The van der Waals surface area contributed by atoms with Gasteiger partial charge in [0.15, 0.2) is 5.11 Å². The van der Waals surface area contributed by atoms with Crippen LogP contribution in [0, 0.1) is 0 Å². The molecule has 4 aromatic rings. The molecule has 3 aromatic heterocycles. The SMILES string of the molecule is COc1ccc(OC)c(N2C(=S)N[C@@H](c3ccccn3)[C@@H]2c2cccn2Cc2ccccn2)c1. The van der Waals surface area contributed by atoms with E-state index in [2.05, 4.69) is 43.1 Å². The summed E-state index contributed by atoms with van der Waals surface area (Å²) in [6.07, 6.45) is 5.69. The van der Waals surface area contributed by atoms with E-state index in [1.165, 1.54) is 0 Å². The van der Waals surface area contributed by atoms with Crippen LogP contribution < -0.4 is 19.7 Å². The maximum absolute atomic E-state index is 5.88. The number of hydrogen-bond acceptors (Lipinski definition) is 5. The molecule has 8 heteroatoms. The Labute approximate surface area is 204 Å². The normalized spacial score (nSPS) is 17.5. The average Bonchev–Trinajstić information content (AvgIpc) is 3.48. The molecule has 0 bridgehead atoms. The zero-order valence-corrected chi connectivity index (χ0v) is 19.8. The Morgan fingerprint density at radius 3 is 2.47 bits per heavy atom. The third-order valence-electron chi connectivity index (χ3n) is 5.97. The van der Waals surface area contributed by atoms with Gasteiger partial charge in [0.05, 0.1) is 43.9 Å². The summed E-state index contributed by atoms with van der Waals surface area (Å²) in [6.45, 7) is 0.643. The van der Waals surface area contributed by atoms with E-state index < -0.39 is 0 Å². The highest BCUT2D eigenvalue weighted by atomic mass is 32.1. The Morgan fingerprint density at radius 1 is 0.941 bits per heavy atom. The lowest BCUT2D eigenvalue weighted by Crippen LogP contribution is -2.31. The van der Waals surface area contributed by atoms with Crippen LogP contribution in [0.5, 0.6) is 11.5 Å². The van der Waals surface area contributed by atoms with E-state index >= 15 is 0 Å². The van der Waals surface area contributed by atoms with Gasteiger partial charge in [0.1, 0.15) is 17.5 Å². The Bertz CT molecular complexity index is 1280. The van der Waals surface area contributed by atoms with Crippen molar-refractivity contribution in [1.82, 2.24) is 19.9 Å². The summed E-state index contributed by atoms with van der Waals surface area (Å²) in [5, 5.41) is 4.10. The van der Waals surface area contributed by atoms with Crippen LogP contribution in [0.2, 0.25) is 0 Å². The number of thiocarbonyl (C=S) groups is 1. The number of aromatic nitrogens is 3. The number of nitrogens with zero attached hydrogens (tertiary/aromatic N) is 4. The van der Waals surface area contributed by atoms with E-state index in [1.54, 1.807) is 20.4 Å². The summed E-state index contributed by atoms with van der Waals surface area (Å²) in [6, 6.07) is 21.4. The number of benzene rings is 1. The third kappa shape index (κ3) is 4.08. The molecule has 1 saturated heterocycles. The van der Waals surface area contributed by atoms with Gasteiger partial charge in [0.25, 0.3) is 0 Å². The zero-order valence-electron chi connectivity index (χ0n) is 19.0. The van der Waals surface area contributed by atoms with Crippen LogP contribution in [0.4, 0.5) is 5.69 Å². The highest BCUT2D eigenvalue weighted by Gasteiger charge is 2.43. The number of pyridine rings is 2. The van der Waals surface area contributed by atoms with E-state index in [0.29, 0.717) is 17.4 Å². The fraction of sp³-hybridized carbons (Fsp3) is 0.192. The fourth-order valence-corrected chi connectivity index (χ4v) is 4.74. The number of nitrogens with one attached hydrogen (secondary N) is 1. The van der Waals surface area contributed by atoms with Gasteiger partial charge in [0.2, 0.25) is 0 Å². The molecule has 1 aliphatic rings. The summed E-state index contributed by atoms with van der Waals surface area (Å²) >= 11 is 5.88. The Balaban J connectivity index is 1.64. The lowest BCUT2D eigenvalue weighted by molar-refractivity contribution is 0.402. The molecule has 7 nitrogen and oxygen atoms in total. The topological polar surface area (TPSA) is 64.4 Å². The van der Waals surface area contributed by atoms with Gasteiger partial charge < -0.3 is 24.3 Å². The average molecular weight is 472 g/mol. The second-order valence-corrected chi connectivity index (χ2v) is 8.30. The second-order valence-electron chi connectivity index (χ2n) is 7.92. The summed E-state index contributed by atoms with van der Waals surface area (Å²) in [4.78, 5) is 11.3. The van der Waals surface area contributed by atoms with Crippen molar-refractivity contribution >= 4 is 23.0 Å². The lowest BCUT2D eigenvalue weighted by atomic mass is 10.0. The van der Waals surface area contributed by atoms with Gasteiger partial charge in [-0.1, -0.05) is 12.1 Å². The summed E-state index contributed by atoms with van der Waals surface area (Å²) in [7, 11) is 3.31. The number of hydrogen-bond donors (Lipinski definition) is 1. The molecule has 2 atom stereocenters. The van der Waals surface area contributed by atoms with Crippen LogP contribution in [-0.4, -0.2) is 33.9 Å². The first-order valence-electron chi connectivity index (χ1n) is 11.0. The first-order valence-corrected chi connectivity index (χ1v) is 11.4. The van der Waals surface area contributed by atoms with Crippen LogP contribution in [-0.2, 0) is 6.54 Å². The number of methoxy groups -OCH3 is 2. The van der Waals surface area contributed by atoms with E-state index in [9.17, 15) is 0 Å². The molecule has 172 valence electrons. The van der Waals surface area contributed by atoms with Crippen LogP contribution in [0.15, 0.2) is 85.3 Å². The molecule has 34 heavy (non-hydrogen) atoms. The maximum Gasteiger partial charge on any atom is 0.174 e. The minimum absolute atomic E-state index is 0.165. The number of rotatable bonds is 7. The van der Waals surface area contributed by atoms with Gasteiger partial charge in [-0.15, -0.1) is 0 Å². The molecule has 1 N–H and O–H groups in total. The third-order valence-corrected chi connectivity index (χ3v) is 6.28. The molecule has 5 rings (SSSR count). The fourth-order valence-electron chi connectivity index (χ4n) is 4.41. The van der Waals surface area contributed by atoms with Crippen molar-refractivity contribution in [3.8, 4) is 11.5 Å². The van der Waals surface area contributed by atoms with Crippen LogP contribution in [0.1, 0.15) is 29.2 Å². The monoisotopic (exact) mass is 471 g/mol. The van der Waals surface area contributed by atoms with Crippen molar-refractivity contribution in [1.29, 1.82) is 0 Å². The molecular weight excluding hydrogens is 446 g/mol. The minimum atomic E-state index is -0.179. The molecule has 0 amide bonds. The van der Waals surface area contributed by atoms with Crippen molar-refractivity contribution < 1.29 is 9.47 Å². The molecule has 0 saturated carbocycles. The quantitative estimate of drug-likeness (QED) is 0.398. The van der Waals surface area contributed by atoms with Gasteiger partial charge in [-0.25, -0.2) is 0 Å². The zero-order chi connectivity index (χ0) is 23.5. The van der Waals surface area contributed by atoms with E-state index in [0.717, 1.165) is 28.5 Å². The predicted octanol–water partition coefficient (Wildman–Crippen LogP) is 4.52. The molecule has 0 spiro atoms. The van der Waals surface area contributed by atoms with Gasteiger partial charge in [0, 0.05) is 30.4 Å². The van der Waals surface area contributed by atoms with Gasteiger partial charge in [-0.2, -0.15) is 0 Å². The Morgan fingerprint density at radius 2 is 1.76 bits per heavy atom. The molecule has 0 radical (unpaired) electrons. The van der Waals surface area contributed by atoms with Gasteiger partial charge in [-0.05, 0) is 60.7 Å². The number of ether oxygens (including phenoxy) is 2. The van der Waals surface area contributed by atoms with Crippen molar-refractivity contribution in [3.05, 3.63) is 102 Å². The van der Waals surface area contributed by atoms with Crippen molar-refractivity contribution in [2.24, 2.45) is 0 Å². The molecule has 1 aromatic carbocycles. The smallest absolute Gasteiger partial charge is 0.174 e. The highest BCUT2D eigenvalue weighted by Crippen LogP contribution is 2.45. The van der Waals surface area contributed by atoms with Gasteiger partial charge in [-0.3, -0.25) is 9.97 Å². The van der Waals surface area contributed by atoms with E-state index in [1.807, 2.05) is 60.8 Å². The molecule has 1 aliphatic heterocycles. The number of anilines is 1. The predicted molar refractivity (Wildman–Crippen MR) is 135 cm³/mol. The first kappa shape index (κ1) is 21.9. The van der Waals surface area contributed by atoms with Crippen LogP contribution >= 0.6 is 12.2 Å². The first-order chi connectivity index (χ1) is 16.7. The lowest BCUT2D eigenvalue weighted by Gasteiger charge is -2.30. The Hall–Kier alpha value is -3.91. The standard InChI is InChI=1S/C26H25N5O2S/c1-32-19-11-12-23(33-2)22(16-19)31-25(24(29-26(31)34)20-9-4-6-14-28-20)21-10-7-15-30(21)17-18-8-3-5-13-27-18/h3-16,24-25H,17H2,1-2H3,(H,29,34)/t24-,25-/m0/s1. The molecule has 0 aliphatic carbocycles. The second kappa shape index (κ2) is 9.52. The summed E-state index contributed by atoms with van der Waals surface area (Å²) in [5.74, 6) is 1.43. The van der Waals surface area contributed by atoms with Crippen LogP contribution in [0.25, 0.3) is 0 Å².